The molecule has 0 spiro atoms. The number of benzene rings is 1. The van der Waals surface area contributed by atoms with Gasteiger partial charge in [-0.1, -0.05) is 23.4 Å². The van der Waals surface area contributed by atoms with Crippen LogP contribution < -0.4 is 10.9 Å². The maximum Gasteiger partial charge on any atom is 0.258 e. The van der Waals surface area contributed by atoms with Crippen LogP contribution in [-0.2, 0) is 5.75 Å². The second-order valence-electron chi connectivity index (χ2n) is 3.74. The van der Waals surface area contributed by atoms with Gasteiger partial charge in [0.15, 0.2) is 5.17 Å². The van der Waals surface area contributed by atoms with E-state index in [4.69, 9.17) is 11.6 Å². The Morgan fingerprint density at radius 3 is 3.05 bits per heavy atom. The molecule has 0 saturated heterocycles. The van der Waals surface area contributed by atoms with Crippen molar-refractivity contribution in [3.8, 4) is 0 Å². The molecule has 1 aromatic carbocycles. The van der Waals surface area contributed by atoms with E-state index in [9.17, 15) is 4.79 Å². The Morgan fingerprint density at radius 2 is 2.37 bits per heavy atom. The normalized spacial score (nSPS) is 11.8. The lowest BCUT2D eigenvalue weighted by molar-refractivity contribution is 1.04. The van der Waals surface area contributed by atoms with Crippen LogP contribution in [0.15, 0.2) is 28.0 Å². The fourth-order valence-corrected chi connectivity index (χ4v) is 2.46. The predicted molar refractivity (Wildman–Crippen MR) is 81.1 cm³/mol. The average Bonchev–Trinajstić information content (AvgIpc) is 2.39. The molecule has 0 saturated carbocycles. The summed E-state index contributed by atoms with van der Waals surface area (Å²) >= 11 is 7.38. The second-order valence-corrected chi connectivity index (χ2v) is 5.14. The molecule has 0 unspecified atom stereocenters. The molecule has 5 nitrogen and oxygen atoms in total. The summed E-state index contributed by atoms with van der Waals surface area (Å²) in [5.74, 6) is 1.13. The minimum atomic E-state index is -0.156. The highest BCUT2D eigenvalue weighted by Crippen LogP contribution is 2.16. The first-order valence-electron chi connectivity index (χ1n) is 5.60. The molecule has 2 rings (SSSR count). The highest BCUT2D eigenvalue weighted by molar-refractivity contribution is 8.13. The zero-order chi connectivity index (χ0) is 13.8. The van der Waals surface area contributed by atoms with Crippen LogP contribution in [0.5, 0.6) is 0 Å². The van der Waals surface area contributed by atoms with Crippen LogP contribution in [0, 0.1) is 0 Å². The summed E-state index contributed by atoms with van der Waals surface area (Å²) in [5.41, 5.74) is 0.447. The fourth-order valence-electron chi connectivity index (χ4n) is 1.61. The molecule has 2 aromatic rings. The van der Waals surface area contributed by atoms with Crippen molar-refractivity contribution in [2.24, 2.45) is 4.99 Å². The van der Waals surface area contributed by atoms with E-state index in [-0.39, 0.29) is 5.56 Å². The van der Waals surface area contributed by atoms with Crippen molar-refractivity contribution in [1.82, 2.24) is 15.3 Å². The van der Waals surface area contributed by atoms with Crippen molar-refractivity contribution >= 4 is 39.4 Å². The number of aromatic amines is 1. The first-order valence-corrected chi connectivity index (χ1v) is 6.96. The van der Waals surface area contributed by atoms with E-state index in [0.29, 0.717) is 27.5 Å². The first kappa shape index (κ1) is 13.9. The molecule has 1 heterocycles. The van der Waals surface area contributed by atoms with E-state index < -0.39 is 0 Å². The van der Waals surface area contributed by atoms with Crippen molar-refractivity contribution in [2.45, 2.75) is 5.75 Å². The molecule has 0 atom stereocenters. The van der Waals surface area contributed by atoms with Gasteiger partial charge in [-0.15, -0.1) is 0 Å². The number of nitrogens with zero attached hydrogens (tertiary/aromatic N) is 2. The number of aromatic nitrogens is 2. The van der Waals surface area contributed by atoms with E-state index in [2.05, 4.69) is 20.3 Å². The summed E-state index contributed by atoms with van der Waals surface area (Å²) in [7, 11) is 3.50. The van der Waals surface area contributed by atoms with Gasteiger partial charge < -0.3 is 10.3 Å². The molecular weight excluding hydrogens is 284 g/mol. The number of amidine groups is 1. The summed E-state index contributed by atoms with van der Waals surface area (Å²) in [6.45, 7) is 0. The Bertz CT molecular complexity index is 683. The lowest BCUT2D eigenvalue weighted by atomic mass is 10.2. The number of H-pyrrole nitrogens is 1. The van der Waals surface area contributed by atoms with Gasteiger partial charge in [0.2, 0.25) is 0 Å². The molecule has 19 heavy (non-hydrogen) atoms. The Kier molecular flexibility index (Phi) is 4.44. The Morgan fingerprint density at radius 1 is 1.58 bits per heavy atom. The summed E-state index contributed by atoms with van der Waals surface area (Å²) in [4.78, 5) is 23.1. The molecule has 0 aliphatic heterocycles. The lowest BCUT2D eigenvalue weighted by Gasteiger charge is -2.05. The maximum atomic E-state index is 11.9. The van der Waals surface area contributed by atoms with Gasteiger partial charge in [0.1, 0.15) is 5.82 Å². The van der Waals surface area contributed by atoms with Gasteiger partial charge in [-0.2, -0.15) is 0 Å². The van der Waals surface area contributed by atoms with Gasteiger partial charge >= 0.3 is 0 Å². The third-order valence-corrected chi connectivity index (χ3v) is 3.79. The highest BCUT2D eigenvalue weighted by atomic mass is 35.5. The molecular formula is C12H13ClN4OS. The number of halogens is 1. The summed E-state index contributed by atoms with van der Waals surface area (Å²) in [5, 5.41) is 4.84. The fraction of sp³-hybridized carbons (Fsp3) is 0.250. The first-order chi connectivity index (χ1) is 9.13. The summed E-state index contributed by atoms with van der Waals surface area (Å²) in [6.07, 6.45) is 0. The number of aliphatic imine (C=N–C) groups is 1. The van der Waals surface area contributed by atoms with Crippen molar-refractivity contribution < 1.29 is 0 Å². The van der Waals surface area contributed by atoms with Crippen LogP contribution in [0.2, 0.25) is 5.02 Å². The Balaban J connectivity index is 2.32. The number of nitrogens with one attached hydrogen (secondary N) is 2. The Labute approximate surface area is 119 Å². The van der Waals surface area contributed by atoms with Crippen molar-refractivity contribution in [3.63, 3.8) is 0 Å². The van der Waals surface area contributed by atoms with Gasteiger partial charge in [-0.3, -0.25) is 9.79 Å². The van der Waals surface area contributed by atoms with Gasteiger partial charge in [0.25, 0.3) is 5.56 Å². The van der Waals surface area contributed by atoms with E-state index in [1.165, 1.54) is 11.8 Å². The van der Waals surface area contributed by atoms with Gasteiger partial charge in [-0.25, -0.2) is 4.98 Å². The van der Waals surface area contributed by atoms with Gasteiger partial charge in [-0.05, 0) is 18.2 Å². The van der Waals surface area contributed by atoms with Crippen molar-refractivity contribution in [3.05, 3.63) is 39.4 Å². The average molecular weight is 297 g/mol. The molecule has 0 aliphatic carbocycles. The zero-order valence-electron chi connectivity index (χ0n) is 10.5. The minimum Gasteiger partial charge on any atom is -0.368 e. The minimum absolute atomic E-state index is 0.156. The number of hydrogen-bond donors (Lipinski definition) is 2. The van der Waals surface area contributed by atoms with E-state index in [1.807, 2.05) is 0 Å². The predicted octanol–water partition coefficient (Wildman–Crippen LogP) is 2.01. The monoisotopic (exact) mass is 296 g/mol. The number of hydrogen-bond acceptors (Lipinski definition) is 4. The number of fused-ring (bicyclic) bond motifs is 1. The van der Waals surface area contributed by atoms with E-state index in [0.717, 1.165) is 5.17 Å². The molecule has 0 amide bonds. The molecule has 0 radical (unpaired) electrons. The number of thioether (sulfide) groups is 1. The zero-order valence-corrected chi connectivity index (χ0v) is 12.1. The molecule has 2 N–H and O–H groups in total. The highest BCUT2D eigenvalue weighted by Gasteiger charge is 2.06. The van der Waals surface area contributed by atoms with Crippen LogP contribution >= 0.6 is 23.4 Å². The molecule has 1 aromatic heterocycles. The lowest BCUT2D eigenvalue weighted by Crippen LogP contribution is -2.16. The van der Waals surface area contributed by atoms with Gasteiger partial charge in [0, 0.05) is 19.1 Å². The van der Waals surface area contributed by atoms with E-state index in [1.54, 1.807) is 32.3 Å². The maximum absolute atomic E-state index is 11.9. The van der Waals surface area contributed by atoms with Crippen molar-refractivity contribution in [1.29, 1.82) is 0 Å². The topological polar surface area (TPSA) is 70.1 Å². The molecule has 7 heteroatoms. The standard InChI is InChI=1S/C12H13ClN4OS/c1-14-12(15-2)19-6-10-16-9-5-7(13)3-4-8(9)11(18)17-10/h3-5H,6H2,1-2H3,(H,14,15)(H,16,17,18). The largest absolute Gasteiger partial charge is 0.368 e. The van der Waals surface area contributed by atoms with Crippen LogP contribution in [0.25, 0.3) is 10.9 Å². The molecule has 0 bridgehead atoms. The SMILES string of the molecule is CN=C(NC)SCc1nc2cc(Cl)ccc2c(=O)[nH]1. The van der Waals surface area contributed by atoms with Crippen LogP contribution in [0.3, 0.4) is 0 Å². The second kappa shape index (κ2) is 6.08. The van der Waals surface area contributed by atoms with Crippen LogP contribution in [-0.4, -0.2) is 29.2 Å². The van der Waals surface area contributed by atoms with Crippen LogP contribution in [0.4, 0.5) is 0 Å². The van der Waals surface area contributed by atoms with Crippen molar-refractivity contribution in [2.75, 3.05) is 14.1 Å². The molecule has 0 aliphatic rings. The van der Waals surface area contributed by atoms with Crippen LogP contribution in [0.1, 0.15) is 5.82 Å². The smallest absolute Gasteiger partial charge is 0.258 e. The summed E-state index contributed by atoms with van der Waals surface area (Å²) < 4.78 is 0. The quantitative estimate of drug-likeness (QED) is 0.657. The Hall–Kier alpha value is -1.53. The van der Waals surface area contributed by atoms with E-state index >= 15 is 0 Å². The summed E-state index contributed by atoms with van der Waals surface area (Å²) in [6, 6.07) is 5.04. The third-order valence-electron chi connectivity index (χ3n) is 2.48. The van der Waals surface area contributed by atoms with Gasteiger partial charge in [0.05, 0.1) is 16.7 Å². The molecule has 0 fully saturated rings. The number of rotatable bonds is 2. The molecule has 100 valence electrons. The third kappa shape index (κ3) is 3.27.